The van der Waals surface area contributed by atoms with E-state index >= 15 is 0 Å². The maximum atomic E-state index is 12.0. The van der Waals surface area contributed by atoms with E-state index in [1.807, 2.05) is 13.0 Å². The molecule has 0 spiro atoms. The van der Waals surface area contributed by atoms with Gasteiger partial charge in [-0.15, -0.1) is 12.4 Å². The fraction of sp³-hybridized carbons (Fsp3) is 0.588. The van der Waals surface area contributed by atoms with E-state index in [9.17, 15) is 4.79 Å². The Bertz CT molecular complexity index is 405. The van der Waals surface area contributed by atoms with Gasteiger partial charge in [0.1, 0.15) is 0 Å². The molecule has 0 bridgehead atoms. The van der Waals surface area contributed by atoms with Gasteiger partial charge in [0.2, 0.25) is 5.91 Å². The van der Waals surface area contributed by atoms with Crippen LogP contribution in [-0.2, 0) is 10.2 Å². The van der Waals surface area contributed by atoms with Gasteiger partial charge in [0.25, 0.3) is 0 Å². The lowest BCUT2D eigenvalue weighted by molar-refractivity contribution is -0.122. The van der Waals surface area contributed by atoms with Crippen LogP contribution in [0.1, 0.15) is 52.0 Å². The predicted molar refractivity (Wildman–Crippen MR) is 91.8 cm³/mol. The molecule has 1 unspecified atom stereocenters. The first-order valence-electron chi connectivity index (χ1n) is 7.68. The first-order chi connectivity index (χ1) is 9.59. The van der Waals surface area contributed by atoms with Crippen LogP contribution >= 0.6 is 12.4 Å². The van der Waals surface area contributed by atoms with Crippen LogP contribution in [0.25, 0.3) is 0 Å². The highest BCUT2D eigenvalue weighted by atomic mass is 35.5. The van der Waals surface area contributed by atoms with Crippen molar-refractivity contribution in [3.8, 4) is 0 Å². The summed E-state index contributed by atoms with van der Waals surface area (Å²) < 4.78 is 0. The van der Waals surface area contributed by atoms with E-state index in [0.29, 0.717) is 6.54 Å². The quantitative estimate of drug-likeness (QED) is 0.773. The normalized spacial score (nSPS) is 12.4. The number of hydrogen-bond acceptors (Lipinski definition) is 2. The van der Waals surface area contributed by atoms with Crippen LogP contribution in [0.3, 0.4) is 0 Å². The molecule has 1 rings (SSSR count). The molecule has 0 fully saturated rings. The number of rotatable bonds is 8. The molecule has 1 amide bonds. The minimum absolute atomic E-state index is 0. The number of nitrogens with one attached hydrogen (secondary N) is 1. The summed E-state index contributed by atoms with van der Waals surface area (Å²) in [4.78, 5) is 12.0. The second-order valence-electron chi connectivity index (χ2n) is 5.47. The highest BCUT2D eigenvalue weighted by Crippen LogP contribution is 2.30. The molecule has 0 aliphatic heterocycles. The van der Waals surface area contributed by atoms with Crippen LogP contribution in [0.4, 0.5) is 0 Å². The summed E-state index contributed by atoms with van der Waals surface area (Å²) in [6.07, 6.45) is 3.66. The summed E-state index contributed by atoms with van der Waals surface area (Å²) in [5, 5.41) is 3.04. The number of nitrogens with two attached hydrogens (primary N) is 1. The Balaban J connectivity index is 0.00000400. The Morgan fingerprint density at radius 1 is 1.19 bits per heavy atom. The van der Waals surface area contributed by atoms with E-state index in [4.69, 9.17) is 5.73 Å². The molecule has 0 heterocycles. The largest absolute Gasteiger partial charge is 0.354 e. The van der Waals surface area contributed by atoms with E-state index in [1.54, 1.807) is 0 Å². The molecule has 0 radical (unpaired) electrons. The van der Waals surface area contributed by atoms with Crippen molar-refractivity contribution in [1.82, 2.24) is 5.32 Å². The predicted octanol–water partition coefficient (Wildman–Crippen LogP) is 3.41. The van der Waals surface area contributed by atoms with Crippen LogP contribution in [0.5, 0.6) is 0 Å². The molecule has 0 aliphatic carbocycles. The van der Waals surface area contributed by atoms with Gasteiger partial charge in [-0.3, -0.25) is 4.79 Å². The van der Waals surface area contributed by atoms with Gasteiger partial charge in [0.15, 0.2) is 0 Å². The van der Waals surface area contributed by atoms with Gasteiger partial charge in [-0.1, -0.05) is 57.5 Å². The van der Waals surface area contributed by atoms with Crippen molar-refractivity contribution in [2.75, 3.05) is 6.54 Å². The minimum atomic E-state index is -0.387. The van der Waals surface area contributed by atoms with E-state index < -0.39 is 0 Å². The lowest BCUT2D eigenvalue weighted by Crippen LogP contribution is -2.46. The average molecular weight is 313 g/mol. The summed E-state index contributed by atoms with van der Waals surface area (Å²) >= 11 is 0. The second kappa shape index (κ2) is 9.80. The summed E-state index contributed by atoms with van der Waals surface area (Å²) in [5.41, 5.74) is 7.16. The Labute approximate surface area is 135 Å². The standard InChI is InChI=1S/C17H28N2O.ClH/c1-4-10-15(18)16(20)19-13-17(5-2,6-3)14-11-8-7-9-12-14;/h7-9,11-12,15H,4-6,10,13,18H2,1-3H3,(H,19,20);1H. The maximum absolute atomic E-state index is 12.0. The molecule has 0 saturated carbocycles. The lowest BCUT2D eigenvalue weighted by atomic mass is 9.75. The van der Waals surface area contributed by atoms with Gasteiger partial charge >= 0.3 is 0 Å². The molecule has 4 heteroatoms. The molecule has 1 aromatic carbocycles. The van der Waals surface area contributed by atoms with Crippen LogP contribution < -0.4 is 11.1 Å². The van der Waals surface area contributed by atoms with Gasteiger partial charge in [-0.25, -0.2) is 0 Å². The molecular formula is C17H29ClN2O. The number of amides is 1. The fourth-order valence-electron chi connectivity index (χ4n) is 2.63. The Morgan fingerprint density at radius 2 is 1.76 bits per heavy atom. The Hall–Kier alpha value is -1.06. The van der Waals surface area contributed by atoms with Crippen LogP contribution in [0, 0.1) is 0 Å². The van der Waals surface area contributed by atoms with Crippen molar-refractivity contribution in [3.05, 3.63) is 35.9 Å². The monoisotopic (exact) mass is 312 g/mol. The summed E-state index contributed by atoms with van der Waals surface area (Å²) in [6, 6.07) is 10.0. The lowest BCUT2D eigenvalue weighted by Gasteiger charge is -2.33. The number of carbonyl (C=O) groups is 1. The molecule has 3 N–H and O–H groups in total. The summed E-state index contributed by atoms with van der Waals surface area (Å²) in [6.45, 7) is 7.04. The highest BCUT2D eigenvalue weighted by Gasteiger charge is 2.29. The third-order valence-corrected chi connectivity index (χ3v) is 4.28. The number of carbonyl (C=O) groups excluding carboxylic acids is 1. The number of hydrogen-bond donors (Lipinski definition) is 2. The van der Waals surface area contributed by atoms with Crippen molar-refractivity contribution < 1.29 is 4.79 Å². The molecule has 0 aliphatic rings. The van der Waals surface area contributed by atoms with Crippen molar-refractivity contribution in [2.45, 2.75) is 57.9 Å². The first kappa shape index (κ1) is 19.9. The summed E-state index contributed by atoms with van der Waals surface area (Å²) in [5.74, 6) is -0.0333. The van der Waals surface area contributed by atoms with Crippen molar-refractivity contribution in [2.24, 2.45) is 5.73 Å². The smallest absolute Gasteiger partial charge is 0.236 e. The summed E-state index contributed by atoms with van der Waals surface area (Å²) in [7, 11) is 0. The zero-order valence-electron chi connectivity index (χ0n) is 13.4. The number of benzene rings is 1. The third kappa shape index (κ3) is 5.33. The second-order valence-corrected chi connectivity index (χ2v) is 5.47. The first-order valence-corrected chi connectivity index (χ1v) is 7.68. The molecule has 0 aromatic heterocycles. The zero-order valence-corrected chi connectivity index (χ0v) is 14.2. The van der Waals surface area contributed by atoms with E-state index in [0.717, 1.165) is 25.7 Å². The Kier molecular flexibility index (Phi) is 9.31. The van der Waals surface area contributed by atoms with E-state index in [-0.39, 0.29) is 29.8 Å². The minimum Gasteiger partial charge on any atom is -0.354 e. The third-order valence-electron chi connectivity index (χ3n) is 4.28. The topological polar surface area (TPSA) is 55.1 Å². The van der Waals surface area contributed by atoms with Gasteiger partial charge in [0, 0.05) is 12.0 Å². The highest BCUT2D eigenvalue weighted by molar-refractivity contribution is 5.85. The van der Waals surface area contributed by atoms with E-state index in [2.05, 4.69) is 43.4 Å². The van der Waals surface area contributed by atoms with Gasteiger partial charge in [-0.05, 0) is 24.8 Å². The van der Waals surface area contributed by atoms with Crippen molar-refractivity contribution in [3.63, 3.8) is 0 Å². The molecule has 3 nitrogen and oxygen atoms in total. The molecule has 1 aromatic rings. The number of halogens is 1. The van der Waals surface area contributed by atoms with Crippen molar-refractivity contribution in [1.29, 1.82) is 0 Å². The average Bonchev–Trinajstić information content (AvgIpc) is 2.50. The molecule has 0 saturated heterocycles. The molecular weight excluding hydrogens is 284 g/mol. The van der Waals surface area contributed by atoms with Gasteiger partial charge < -0.3 is 11.1 Å². The SMILES string of the molecule is CCCC(N)C(=O)NCC(CC)(CC)c1ccccc1.Cl. The fourth-order valence-corrected chi connectivity index (χ4v) is 2.63. The van der Waals surface area contributed by atoms with Crippen LogP contribution in [0.15, 0.2) is 30.3 Å². The zero-order chi connectivity index (χ0) is 15.0. The van der Waals surface area contributed by atoms with Crippen molar-refractivity contribution >= 4 is 18.3 Å². The molecule has 21 heavy (non-hydrogen) atoms. The van der Waals surface area contributed by atoms with Crippen LogP contribution in [-0.4, -0.2) is 18.5 Å². The molecule has 120 valence electrons. The van der Waals surface area contributed by atoms with E-state index in [1.165, 1.54) is 5.56 Å². The van der Waals surface area contributed by atoms with Gasteiger partial charge in [0.05, 0.1) is 6.04 Å². The maximum Gasteiger partial charge on any atom is 0.236 e. The Morgan fingerprint density at radius 3 is 2.24 bits per heavy atom. The van der Waals surface area contributed by atoms with Gasteiger partial charge in [-0.2, -0.15) is 0 Å². The molecule has 1 atom stereocenters. The van der Waals surface area contributed by atoms with Crippen LogP contribution in [0.2, 0.25) is 0 Å².